The summed E-state index contributed by atoms with van der Waals surface area (Å²) < 4.78 is 62.4. The van der Waals surface area contributed by atoms with E-state index >= 15 is 0 Å². The fraction of sp³-hybridized carbons (Fsp3) is 0.610. The van der Waals surface area contributed by atoms with Crippen molar-refractivity contribution in [1.82, 2.24) is 30.2 Å². The number of aliphatic hydroxyl groups is 2. The smallest absolute Gasteiger partial charge is 0.386 e. The van der Waals surface area contributed by atoms with Gasteiger partial charge in [0.2, 0.25) is 11.8 Å². The number of rotatable bonds is 33. The van der Waals surface area contributed by atoms with Crippen molar-refractivity contribution < 1.29 is 80.5 Å². The summed E-state index contributed by atoms with van der Waals surface area (Å²) in [6.07, 6.45) is 19.7. The predicted octanol–water partition coefficient (Wildman–Crippen LogP) is 4.81. The summed E-state index contributed by atoms with van der Waals surface area (Å²) in [7, 11) is -16.4. The highest BCUT2D eigenvalue weighted by Crippen LogP contribution is 2.61. The standard InChI is InChI=1S/C41H66N7O17P3S/c1-4-5-6-7-8-9-10-11-12-13-14-15-16-17-18-19-20-21-32(50)69-25-24-43-31(49)22-23-44-39(53)36(52)41(2,3)27-62-68(59,60)65-67(57,58)61-26-30-35(64-66(54,55)56)34(51)40(63-30)48-29-47-33-37(42)45-28-46-38(33)48/h8-9,11-12,14-15,17-18,28-30,34-36,40,51-52H,4-7,10,13,16,19-27H2,1-3H3,(H,43,49)(H,44,53)(H,57,58)(H,59,60)(H2,42,45,46)(H2,54,55,56)/t30-,34-,35-,36+,40-/m1/s1. The lowest BCUT2D eigenvalue weighted by Crippen LogP contribution is -2.46. The van der Waals surface area contributed by atoms with Crippen LogP contribution in [0.5, 0.6) is 0 Å². The molecule has 1 aliphatic heterocycles. The summed E-state index contributed by atoms with van der Waals surface area (Å²) >= 11 is 1.11. The minimum absolute atomic E-state index is 0.0112. The first kappa shape index (κ1) is 59.8. The van der Waals surface area contributed by atoms with E-state index in [4.69, 9.17) is 19.5 Å². The molecule has 0 spiro atoms. The number of ether oxygens (including phenoxy) is 1. The zero-order chi connectivity index (χ0) is 51.1. The van der Waals surface area contributed by atoms with E-state index in [2.05, 4.69) is 90.0 Å². The van der Waals surface area contributed by atoms with Crippen molar-refractivity contribution in [1.29, 1.82) is 0 Å². The number of phosphoric ester groups is 3. The zero-order valence-corrected chi connectivity index (χ0v) is 42.3. The maximum atomic E-state index is 12.7. The maximum Gasteiger partial charge on any atom is 0.481 e. The molecular weight excluding hydrogens is 987 g/mol. The molecule has 2 aromatic rings. The van der Waals surface area contributed by atoms with Crippen LogP contribution in [-0.2, 0) is 50.7 Å². The van der Waals surface area contributed by atoms with Crippen LogP contribution in [0.2, 0.25) is 0 Å². The lowest BCUT2D eigenvalue weighted by Gasteiger charge is -2.30. The van der Waals surface area contributed by atoms with Crippen molar-refractivity contribution in [2.24, 2.45) is 5.41 Å². The molecule has 3 rings (SSSR count). The number of phosphoric acid groups is 3. The molecule has 0 radical (unpaired) electrons. The minimum Gasteiger partial charge on any atom is -0.386 e. The monoisotopic (exact) mass is 1050 g/mol. The van der Waals surface area contributed by atoms with Crippen LogP contribution >= 0.6 is 35.2 Å². The molecule has 388 valence electrons. The van der Waals surface area contributed by atoms with E-state index in [0.717, 1.165) is 61.1 Å². The number of unbranched alkanes of at least 4 members (excludes halogenated alkanes) is 4. The maximum absolute atomic E-state index is 12.7. The van der Waals surface area contributed by atoms with Crippen molar-refractivity contribution in [3.8, 4) is 0 Å². The Morgan fingerprint density at radius 3 is 2.14 bits per heavy atom. The molecule has 28 heteroatoms. The number of nitrogens with one attached hydrogen (secondary N) is 2. The van der Waals surface area contributed by atoms with Gasteiger partial charge in [-0.25, -0.2) is 28.6 Å². The summed E-state index contributed by atoms with van der Waals surface area (Å²) in [5, 5.41) is 26.6. The predicted molar refractivity (Wildman–Crippen MR) is 256 cm³/mol. The topological polar surface area (TPSA) is 364 Å². The van der Waals surface area contributed by atoms with Crippen LogP contribution in [-0.4, -0.2) is 123 Å². The van der Waals surface area contributed by atoms with Gasteiger partial charge in [0.25, 0.3) is 0 Å². The lowest BCUT2D eigenvalue weighted by atomic mass is 9.87. The Balaban J connectivity index is 1.31. The van der Waals surface area contributed by atoms with E-state index in [9.17, 15) is 57.9 Å². The molecule has 2 amide bonds. The second kappa shape index (κ2) is 29.8. The molecule has 3 heterocycles. The number of nitrogen functional groups attached to an aromatic ring is 1. The second-order valence-electron chi connectivity index (χ2n) is 16.3. The Hall–Kier alpha value is -3.48. The Morgan fingerprint density at radius 1 is 0.884 bits per heavy atom. The molecule has 1 saturated heterocycles. The number of carbonyl (C=O) groups is 3. The summed E-state index contributed by atoms with van der Waals surface area (Å²) in [5.74, 6) is -1.09. The van der Waals surface area contributed by atoms with Crippen LogP contribution in [0.1, 0.15) is 97.6 Å². The van der Waals surface area contributed by atoms with Gasteiger partial charge in [0.15, 0.2) is 22.8 Å². The molecule has 0 saturated carbocycles. The number of carbonyl (C=O) groups excluding carboxylic acids is 3. The van der Waals surface area contributed by atoms with Gasteiger partial charge in [0.05, 0.1) is 19.5 Å². The average Bonchev–Trinajstić information content (AvgIpc) is 3.84. The molecule has 1 aliphatic rings. The van der Waals surface area contributed by atoms with Crippen molar-refractivity contribution >= 4 is 69.1 Å². The van der Waals surface area contributed by atoms with E-state index in [0.29, 0.717) is 18.6 Å². The van der Waals surface area contributed by atoms with Crippen molar-refractivity contribution in [2.75, 3.05) is 37.8 Å². The third-order valence-corrected chi connectivity index (χ3v) is 14.0. The fourth-order valence-electron chi connectivity index (χ4n) is 6.29. The van der Waals surface area contributed by atoms with E-state index in [-0.39, 0.29) is 41.6 Å². The van der Waals surface area contributed by atoms with Crippen LogP contribution in [0.25, 0.3) is 11.2 Å². The average molecular weight is 1050 g/mol. The van der Waals surface area contributed by atoms with Crippen LogP contribution < -0.4 is 16.4 Å². The number of allylic oxidation sites excluding steroid dienone is 8. The fourth-order valence-corrected chi connectivity index (χ4v) is 9.84. The third kappa shape index (κ3) is 22.6. The number of thioether (sulfide) groups is 1. The van der Waals surface area contributed by atoms with Gasteiger partial charge in [0, 0.05) is 37.1 Å². The normalized spacial score (nSPS) is 20.3. The van der Waals surface area contributed by atoms with Gasteiger partial charge in [-0.05, 0) is 44.9 Å². The largest absolute Gasteiger partial charge is 0.481 e. The molecular formula is C41H66N7O17P3S. The highest BCUT2D eigenvalue weighted by atomic mass is 32.2. The number of hydrogen-bond acceptors (Lipinski definition) is 18. The SMILES string of the molecule is CCCCCC=CCC=CCC=CCC=CCCCC(=O)SCCNC(=O)CCNC(=O)[C@H](O)C(C)(C)COP(=O)(O)OP(=O)(O)OC[C@H]1O[C@@H](n2cnc3c(N)ncnc32)[C@H](O)[C@@H]1OP(=O)(O)O. The summed E-state index contributed by atoms with van der Waals surface area (Å²) in [5.41, 5.74) is 4.27. The highest BCUT2D eigenvalue weighted by molar-refractivity contribution is 8.13. The molecule has 1 fully saturated rings. The quantitative estimate of drug-likeness (QED) is 0.0263. The molecule has 0 aromatic carbocycles. The third-order valence-electron chi connectivity index (χ3n) is 9.97. The van der Waals surface area contributed by atoms with Gasteiger partial charge in [0.1, 0.15) is 36.3 Å². The van der Waals surface area contributed by atoms with Crippen molar-refractivity contribution in [3.05, 3.63) is 61.3 Å². The van der Waals surface area contributed by atoms with Crippen molar-refractivity contribution in [3.63, 3.8) is 0 Å². The molecule has 24 nitrogen and oxygen atoms in total. The van der Waals surface area contributed by atoms with Gasteiger partial charge < -0.3 is 50.9 Å². The molecule has 0 bridgehead atoms. The van der Waals surface area contributed by atoms with E-state index in [1.54, 1.807) is 0 Å². The zero-order valence-electron chi connectivity index (χ0n) is 38.8. The van der Waals surface area contributed by atoms with Crippen LogP contribution in [0.3, 0.4) is 0 Å². The van der Waals surface area contributed by atoms with Gasteiger partial charge in [-0.3, -0.25) is 32.5 Å². The second-order valence-corrected chi connectivity index (χ2v) is 21.7. The first-order valence-electron chi connectivity index (χ1n) is 22.2. The molecule has 7 atom stereocenters. The Kier molecular flexibility index (Phi) is 25.8. The van der Waals surface area contributed by atoms with E-state index < -0.39 is 84.6 Å². The Labute approximate surface area is 405 Å². The van der Waals surface area contributed by atoms with E-state index in [1.807, 2.05) is 0 Å². The number of fused-ring (bicyclic) bond motifs is 1. The summed E-state index contributed by atoms with van der Waals surface area (Å²) in [6.45, 7) is 2.71. The Morgan fingerprint density at radius 2 is 1.51 bits per heavy atom. The number of imidazole rings is 1. The van der Waals surface area contributed by atoms with Crippen LogP contribution in [0.4, 0.5) is 5.82 Å². The first-order valence-corrected chi connectivity index (χ1v) is 27.7. The summed E-state index contributed by atoms with van der Waals surface area (Å²) in [6, 6.07) is 0. The number of aliphatic hydroxyl groups excluding tert-OH is 2. The number of nitrogens with two attached hydrogens (primary N) is 1. The molecule has 2 unspecified atom stereocenters. The van der Waals surface area contributed by atoms with Crippen LogP contribution in [0, 0.1) is 5.41 Å². The number of aromatic nitrogens is 4. The summed E-state index contributed by atoms with van der Waals surface area (Å²) in [4.78, 5) is 88.3. The van der Waals surface area contributed by atoms with Crippen molar-refractivity contribution in [2.45, 2.75) is 122 Å². The highest BCUT2D eigenvalue weighted by Gasteiger charge is 2.50. The Bertz CT molecular complexity index is 2220. The lowest BCUT2D eigenvalue weighted by molar-refractivity contribution is -0.137. The molecule has 2 aromatic heterocycles. The van der Waals surface area contributed by atoms with Gasteiger partial charge in [-0.15, -0.1) is 0 Å². The number of nitrogens with zero attached hydrogens (tertiary/aromatic N) is 4. The van der Waals surface area contributed by atoms with Gasteiger partial charge in [-0.1, -0.05) is 94.0 Å². The number of hydrogen-bond donors (Lipinski definition) is 9. The molecule has 10 N–H and O–H groups in total. The van der Waals surface area contributed by atoms with Gasteiger partial charge >= 0.3 is 23.5 Å². The number of anilines is 1. The number of amides is 2. The molecule has 0 aliphatic carbocycles. The minimum atomic E-state index is -5.58. The van der Waals surface area contributed by atoms with Gasteiger partial charge in [-0.2, -0.15) is 4.31 Å². The van der Waals surface area contributed by atoms with Crippen LogP contribution in [0.15, 0.2) is 61.3 Å². The first-order chi connectivity index (χ1) is 32.6. The van der Waals surface area contributed by atoms with E-state index in [1.165, 1.54) is 33.1 Å². The molecule has 69 heavy (non-hydrogen) atoms.